The summed E-state index contributed by atoms with van der Waals surface area (Å²) >= 11 is 0. The van der Waals surface area contributed by atoms with E-state index in [2.05, 4.69) is 46.9 Å². The fraction of sp³-hybridized carbons (Fsp3) is 0.409. The van der Waals surface area contributed by atoms with E-state index in [1.165, 1.54) is 0 Å². The molecule has 28 heavy (non-hydrogen) atoms. The third kappa shape index (κ3) is 4.44. The summed E-state index contributed by atoms with van der Waals surface area (Å²) in [5.41, 5.74) is 3.93. The van der Waals surface area contributed by atoms with E-state index in [1.807, 2.05) is 24.3 Å². The first kappa shape index (κ1) is 20.5. The van der Waals surface area contributed by atoms with Crippen LogP contribution in [0.15, 0.2) is 48.5 Å². The minimum Gasteiger partial charge on any atom is -0.301 e. The van der Waals surface area contributed by atoms with Gasteiger partial charge in [0.05, 0.1) is 16.9 Å². The van der Waals surface area contributed by atoms with Crippen molar-refractivity contribution >= 4 is 10.0 Å². The number of likely N-dealkylation sites (N-methyl/N-ethyl adjacent to an activating group) is 1. The fourth-order valence-electron chi connectivity index (χ4n) is 3.61. The Balaban J connectivity index is 1.82. The van der Waals surface area contributed by atoms with E-state index in [9.17, 15) is 8.42 Å². The zero-order valence-electron chi connectivity index (χ0n) is 16.6. The third-order valence-electron chi connectivity index (χ3n) is 5.47. The van der Waals surface area contributed by atoms with Crippen molar-refractivity contribution in [3.05, 3.63) is 59.7 Å². The maximum absolute atomic E-state index is 12.4. The molecule has 5 nitrogen and oxygen atoms in total. The van der Waals surface area contributed by atoms with Gasteiger partial charge in [-0.15, -0.1) is 0 Å². The molecule has 0 saturated carbocycles. The van der Waals surface area contributed by atoms with Crippen molar-refractivity contribution < 1.29 is 8.42 Å². The number of hydrogen-bond acceptors (Lipinski definition) is 4. The zero-order valence-corrected chi connectivity index (χ0v) is 17.4. The molecule has 0 radical (unpaired) electrons. The lowest BCUT2D eigenvalue weighted by molar-refractivity contribution is 0.348. The number of nitriles is 1. The van der Waals surface area contributed by atoms with E-state index < -0.39 is 15.3 Å². The molecule has 2 atom stereocenters. The van der Waals surface area contributed by atoms with Crippen LogP contribution in [0.1, 0.15) is 37.8 Å². The first-order valence-electron chi connectivity index (χ1n) is 9.68. The molecule has 0 unspecified atom stereocenters. The smallest absolute Gasteiger partial charge is 0.214 e. The standard InChI is InChI=1S/C22H27N3O2S/c1-4-25-14-21(22(15-25)24-28(26,27)16(2)3)20-11-9-19(10-12-20)18-7-5-17(13-23)6-8-18/h5-12,16,21-22,24H,4,14-15H2,1-3H3/t21-,22+/m1/s1. The van der Waals surface area contributed by atoms with Crippen molar-refractivity contribution in [3.63, 3.8) is 0 Å². The van der Waals surface area contributed by atoms with Crippen molar-refractivity contribution in [1.29, 1.82) is 5.26 Å². The Morgan fingerprint density at radius 3 is 2.14 bits per heavy atom. The van der Waals surface area contributed by atoms with Crippen molar-refractivity contribution in [2.45, 2.75) is 38.0 Å². The second-order valence-corrected chi connectivity index (χ2v) is 9.86. The highest BCUT2D eigenvalue weighted by Crippen LogP contribution is 2.30. The molecular formula is C22H27N3O2S. The molecule has 148 valence electrons. The lowest BCUT2D eigenvalue weighted by atomic mass is 9.93. The maximum Gasteiger partial charge on any atom is 0.214 e. The van der Waals surface area contributed by atoms with E-state index in [1.54, 1.807) is 13.8 Å². The second kappa shape index (κ2) is 8.44. The third-order valence-corrected chi connectivity index (χ3v) is 7.34. The van der Waals surface area contributed by atoms with Gasteiger partial charge in [0.2, 0.25) is 10.0 Å². The molecule has 3 rings (SSSR count). The highest BCUT2D eigenvalue weighted by atomic mass is 32.2. The number of nitrogens with zero attached hydrogens (tertiary/aromatic N) is 2. The van der Waals surface area contributed by atoms with Crippen LogP contribution in [0, 0.1) is 11.3 Å². The summed E-state index contributed by atoms with van der Waals surface area (Å²) < 4.78 is 27.7. The van der Waals surface area contributed by atoms with Gasteiger partial charge in [0.15, 0.2) is 0 Å². The lowest BCUT2D eigenvalue weighted by Crippen LogP contribution is -2.42. The summed E-state index contributed by atoms with van der Waals surface area (Å²) in [7, 11) is -3.31. The van der Waals surface area contributed by atoms with Gasteiger partial charge in [-0.1, -0.05) is 43.3 Å². The fourth-order valence-corrected chi connectivity index (χ4v) is 4.54. The first-order valence-corrected chi connectivity index (χ1v) is 11.2. The van der Waals surface area contributed by atoms with Crippen LogP contribution in [0.4, 0.5) is 0 Å². The average Bonchev–Trinajstić information content (AvgIpc) is 3.10. The van der Waals surface area contributed by atoms with Crippen LogP contribution in [-0.4, -0.2) is 44.2 Å². The molecule has 0 aromatic heterocycles. The molecule has 0 bridgehead atoms. The van der Waals surface area contributed by atoms with Gasteiger partial charge in [0.25, 0.3) is 0 Å². The molecule has 1 saturated heterocycles. The van der Waals surface area contributed by atoms with Gasteiger partial charge >= 0.3 is 0 Å². The summed E-state index contributed by atoms with van der Waals surface area (Å²) in [5.74, 6) is 0.128. The Kier molecular flexibility index (Phi) is 6.19. The molecular weight excluding hydrogens is 370 g/mol. The number of sulfonamides is 1. The molecule has 0 spiro atoms. The average molecular weight is 398 g/mol. The lowest BCUT2D eigenvalue weighted by Gasteiger charge is -2.22. The van der Waals surface area contributed by atoms with Gasteiger partial charge in [0.1, 0.15) is 0 Å². The van der Waals surface area contributed by atoms with Gasteiger partial charge in [0, 0.05) is 25.0 Å². The zero-order chi connectivity index (χ0) is 20.3. The summed E-state index contributed by atoms with van der Waals surface area (Å²) in [6.45, 7) is 7.99. The van der Waals surface area contributed by atoms with Crippen LogP contribution >= 0.6 is 0 Å². The van der Waals surface area contributed by atoms with Crippen molar-refractivity contribution in [2.75, 3.05) is 19.6 Å². The van der Waals surface area contributed by atoms with Gasteiger partial charge in [-0.25, -0.2) is 13.1 Å². The molecule has 0 aliphatic carbocycles. The summed E-state index contributed by atoms with van der Waals surface area (Å²) in [5, 5.41) is 8.49. The number of likely N-dealkylation sites (tertiary alicyclic amines) is 1. The van der Waals surface area contributed by atoms with Crippen LogP contribution in [-0.2, 0) is 10.0 Å². The highest BCUT2D eigenvalue weighted by Gasteiger charge is 2.36. The number of nitrogens with one attached hydrogen (secondary N) is 1. The van der Waals surface area contributed by atoms with Gasteiger partial charge in [-0.3, -0.25) is 0 Å². The molecule has 1 heterocycles. The topological polar surface area (TPSA) is 73.2 Å². The Morgan fingerprint density at radius 2 is 1.64 bits per heavy atom. The van der Waals surface area contributed by atoms with Gasteiger partial charge in [-0.2, -0.15) is 5.26 Å². The van der Waals surface area contributed by atoms with Crippen molar-refractivity contribution in [1.82, 2.24) is 9.62 Å². The molecule has 2 aromatic carbocycles. The monoisotopic (exact) mass is 397 g/mol. The normalized spacial score (nSPS) is 20.4. The summed E-state index contributed by atoms with van der Waals surface area (Å²) in [6.07, 6.45) is 0. The van der Waals surface area contributed by atoms with Gasteiger partial charge in [-0.05, 0) is 49.2 Å². The number of rotatable bonds is 6. The number of hydrogen-bond donors (Lipinski definition) is 1. The Hall–Kier alpha value is -2.20. The molecule has 1 aliphatic rings. The largest absolute Gasteiger partial charge is 0.301 e. The van der Waals surface area contributed by atoms with Crippen molar-refractivity contribution in [2.24, 2.45) is 0 Å². The van der Waals surface area contributed by atoms with Crippen LogP contribution < -0.4 is 4.72 Å². The maximum atomic E-state index is 12.4. The Bertz CT molecular complexity index is 945. The molecule has 6 heteroatoms. The van der Waals surface area contributed by atoms with E-state index >= 15 is 0 Å². The summed E-state index contributed by atoms with van der Waals surface area (Å²) in [4.78, 5) is 2.28. The predicted octanol–water partition coefficient (Wildman–Crippen LogP) is 3.34. The molecule has 1 aliphatic heterocycles. The molecule has 1 fully saturated rings. The van der Waals surface area contributed by atoms with Gasteiger partial charge < -0.3 is 4.90 Å². The Morgan fingerprint density at radius 1 is 1.07 bits per heavy atom. The highest BCUT2D eigenvalue weighted by molar-refractivity contribution is 7.90. The van der Waals surface area contributed by atoms with Crippen LogP contribution in [0.25, 0.3) is 11.1 Å². The molecule has 2 aromatic rings. The van der Waals surface area contributed by atoms with Crippen LogP contribution in [0.5, 0.6) is 0 Å². The van der Waals surface area contributed by atoms with E-state index in [0.29, 0.717) is 5.56 Å². The molecule has 0 amide bonds. The predicted molar refractivity (Wildman–Crippen MR) is 112 cm³/mol. The van der Waals surface area contributed by atoms with E-state index in [0.717, 1.165) is 36.3 Å². The van der Waals surface area contributed by atoms with Crippen molar-refractivity contribution in [3.8, 4) is 17.2 Å². The summed E-state index contributed by atoms with van der Waals surface area (Å²) in [6, 6.07) is 17.9. The van der Waals surface area contributed by atoms with Crippen LogP contribution in [0.2, 0.25) is 0 Å². The number of benzene rings is 2. The second-order valence-electron chi connectivity index (χ2n) is 7.59. The minimum atomic E-state index is -3.31. The van der Waals surface area contributed by atoms with E-state index in [4.69, 9.17) is 5.26 Å². The molecule has 1 N–H and O–H groups in total. The van der Waals surface area contributed by atoms with Crippen LogP contribution in [0.3, 0.4) is 0 Å². The van der Waals surface area contributed by atoms with E-state index in [-0.39, 0.29) is 12.0 Å². The quantitative estimate of drug-likeness (QED) is 0.811. The first-order chi connectivity index (χ1) is 13.3. The Labute approximate surface area is 168 Å². The minimum absolute atomic E-state index is 0.117. The SMILES string of the molecule is CCN1C[C@H](NS(=O)(=O)C(C)C)[C@@H](c2ccc(-c3ccc(C#N)cc3)cc2)C1.